The Balaban J connectivity index is 1.71. The summed E-state index contributed by atoms with van der Waals surface area (Å²) >= 11 is 0. The van der Waals surface area contributed by atoms with Crippen LogP contribution in [0.3, 0.4) is 0 Å². The van der Waals surface area contributed by atoms with Crippen LogP contribution in [0, 0.1) is 16.0 Å². The van der Waals surface area contributed by atoms with Crippen molar-refractivity contribution in [2.45, 2.75) is 19.4 Å². The number of non-ortho nitro benzene ring substituents is 1. The molecule has 1 heterocycles. The Kier molecular flexibility index (Phi) is 6.20. The molecule has 0 N–H and O–H groups in total. The lowest BCUT2D eigenvalue weighted by atomic mass is 10.1. The van der Waals surface area contributed by atoms with Crippen molar-refractivity contribution < 1.29 is 28.7 Å². The fourth-order valence-corrected chi connectivity index (χ4v) is 3.34. The Morgan fingerprint density at radius 1 is 1.20 bits per heavy atom. The number of amides is 1. The molecule has 9 heteroatoms. The maximum absolute atomic E-state index is 12.6. The van der Waals surface area contributed by atoms with Crippen molar-refractivity contribution in [2.24, 2.45) is 5.92 Å². The number of nitrogens with zero attached hydrogens (tertiary/aromatic N) is 2. The summed E-state index contributed by atoms with van der Waals surface area (Å²) < 4.78 is 16.0. The average Bonchev–Trinajstić information content (AvgIpc) is 3.14. The van der Waals surface area contributed by atoms with E-state index in [-0.39, 0.29) is 24.6 Å². The van der Waals surface area contributed by atoms with Crippen LogP contribution >= 0.6 is 0 Å². The zero-order valence-corrected chi connectivity index (χ0v) is 16.9. The van der Waals surface area contributed by atoms with Gasteiger partial charge in [0.15, 0.2) is 0 Å². The standard InChI is InChI=1S/C21H22N2O7/c1-13(14-5-4-6-16(9-14)23(26)27)30-21(25)15-10-20(24)22(12-15)18-8-7-17(28-2)11-19(18)29-3/h4-9,11,13,15H,10,12H2,1-3H3/t13-,15-/m0/s1. The molecule has 2 aromatic carbocycles. The van der Waals surface area contributed by atoms with E-state index in [2.05, 4.69) is 0 Å². The van der Waals surface area contributed by atoms with Gasteiger partial charge in [-0.1, -0.05) is 12.1 Å². The maximum Gasteiger partial charge on any atom is 0.311 e. The van der Waals surface area contributed by atoms with Gasteiger partial charge in [0.25, 0.3) is 5.69 Å². The number of hydrogen-bond acceptors (Lipinski definition) is 7. The number of carbonyl (C=O) groups excluding carboxylic acids is 2. The van der Waals surface area contributed by atoms with Crippen LogP contribution in [0.1, 0.15) is 25.0 Å². The van der Waals surface area contributed by atoms with Crippen LogP contribution in [0.15, 0.2) is 42.5 Å². The molecule has 0 bridgehead atoms. The van der Waals surface area contributed by atoms with Gasteiger partial charge >= 0.3 is 5.97 Å². The Morgan fingerprint density at radius 2 is 1.97 bits per heavy atom. The molecule has 1 fully saturated rings. The van der Waals surface area contributed by atoms with E-state index in [1.54, 1.807) is 31.2 Å². The summed E-state index contributed by atoms with van der Waals surface area (Å²) in [5, 5.41) is 10.9. The molecule has 2 atom stereocenters. The van der Waals surface area contributed by atoms with Gasteiger partial charge in [-0.25, -0.2) is 0 Å². The van der Waals surface area contributed by atoms with Crippen molar-refractivity contribution in [3.05, 3.63) is 58.1 Å². The first-order chi connectivity index (χ1) is 14.3. The zero-order chi connectivity index (χ0) is 21.8. The molecule has 0 unspecified atom stereocenters. The Bertz CT molecular complexity index is 976. The predicted octanol–water partition coefficient (Wildman–Crippen LogP) is 3.27. The van der Waals surface area contributed by atoms with E-state index in [9.17, 15) is 19.7 Å². The fraction of sp³-hybridized carbons (Fsp3) is 0.333. The van der Waals surface area contributed by atoms with Crippen molar-refractivity contribution in [1.82, 2.24) is 0 Å². The zero-order valence-electron chi connectivity index (χ0n) is 16.9. The quantitative estimate of drug-likeness (QED) is 0.389. The van der Waals surface area contributed by atoms with Crippen molar-refractivity contribution >= 4 is 23.3 Å². The minimum absolute atomic E-state index is 0.00960. The maximum atomic E-state index is 12.6. The van der Waals surface area contributed by atoms with Crippen LogP contribution in [0.2, 0.25) is 0 Å². The van der Waals surface area contributed by atoms with Gasteiger partial charge in [0, 0.05) is 31.2 Å². The van der Waals surface area contributed by atoms with Crippen LogP contribution in [-0.4, -0.2) is 37.6 Å². The smallest absolute Gasteiger partial charge is 0.311 e. The molecule has 30 heavy (non-hydrogen) atoms. The van der Waals surface area contributed by atoms with Gasteiger partial charge in [-0.3, -0.25) is 19.7 Å². The number of anilines is 1. The van der Waals surface area contributed by atoms with E-state index in [0.717, 1.165) is 0 Å². The summed E-state index contributed by atoms with van der Waals surface area (Å²) in [7, 11) is 3.02. The monoisotopic (exact) mass is 414 g/mol. The number of nitro groups is 1. The Morgan fingerprint density at radius 3 is 2.63 bits per heavy atom. The van der Waals surface area contributed by atoms with Gasteiger partial charge in [-0.05, 0) is 24.6 Å². The first kappa shape index (κ1) is 21.1. The van der Waals surface area contributed by atoms with Gasteiger partial charge in [-0.2, -0.15) is 0 Å². The SMILES string of the molecule is COc1ccc(N2C[C@@H](C(=O)O[C@@H](C)c3cccc([N+](=O)[O-])c3)CC2=O)c(OC)c1. The summed E-state index contributed by atoms with van der Waals surface area (Å²) in [6, 6.07) is 11.0. The molecule has 0 saturated carbocycles. The predicted molar refractivity (Wildman–Crippen MR) is 108 cm³/mol. The number of carbonyl (C=O) groups is 2. The van der Waals surface area contributed by atoms with Crippen LogP contribution in [0.5, 0.6) is 11.5 Å². The van der Waals surface area contributed by atoms with E-state index in [1.807, 2.05) is 0 Å². The third-order valence-corrected chi connectivity index (χ3v) is 4.98. The van der Waals surface area contributed by atoms with E-state index in [4.69, 9.17) is 14.2 Å². The largest absolute Gasteiger partial charge is 0.497 e. The second-order valence-corrected chi connectivity index (χ2v) is 6.87. The second-order valence-electron chi connectivity index (χ2n) is 6.87. The summed E-state index contributed by atoms with van der Waals surface area (Å²) in [6.45, 7) is 1.79. The van der Waals surface area contributed by atoms with Crippen molar-refractivity contribution in [3.8, 4) is 11.5 Å². The Hall–Kier alpha value is -3.62. The molecule has 1 amide bonds. The molecule has 1 aliphatic rings. The number of nitro benzene ring substituents is 1. The molecule has 158 valence electrons. The number of hydrogen-bond donors (Lipinski definition) is 0. The highest BCUT2D eigenvalue weighted by molar-refractivity contribution is 6.00. The number of esters is 1. The number of methoxy groups -OCH3 is 2. The fourth-order valence-electron chi connectivity index (χ4n) is 3.34. The molecule has 0 radical (unpaired) electrons. The lowest BCUT2D eigenvalue weighted by Gasteiger charge is -2.20. The second kappa shape index (κ2) is 8.81. The van der Waals surface area contributed by atoms with E-state index >= 15 is 0 Å². The molecule has 1 aliphatic heterocycles. The van der Waals surface area contributed by atoms with E-state index in [0.29, 0.717) is 22.7 Å². The van der Waals surface area contributed by atoms with Crippen LogP contribution in [0.4, 0.5) is 11.4 Å². The summed E-state index contributed by atoms with van der Waals surface area (Å²) in [5.41, 5.74) is 0.977. The average molecular weight is 414 g/mol. The molecule has 3 rings (SSSR count). The summed E-state index contributed by atoms with van der Waals surface area (Å²) in [4.78, 5) is 37.1. The highest BCUT2D eigenvalue weighted by atomic mass is 16.6. The molecular formula is C21H22N2O7. The van der Waals surface area contributed by atoms with Crippen molar-refractivity contribution in [3.63, 3.8) is 0 Å². The minimum Gasteiger partial charge on any atom is -0.497 e. The van der Waals surface area contributed by atoms with Gasteiger partial charge in [-0.15, -0.1) is 0 Å². The first-order valence-electron chi connectivity index (χ1n) is 9.31. The van der Waals surface area contributed by atoms with Crippen LogP contribution < -0.4 is 14.4 Å². The van der Waals surface area contributed by atoms with Gasteiger partial charge in [0.1, 0.15) is 17.6 Å². The van der Waals surface area contributed by atoms with Crippen molar-refractivity contribution in [2.75, 3.05) is 25.7 Å². The minimum atomic E-state index is -0.683. The van der Waals surface area contributed by atoms with Gasteiger partial charge in [0.2, 0.25) is 5.91 Å². The highest BCUT2D eigenvalue weighted by Gasteiger charge is 2.38. The number of rotatable bonds is 7. The van der Waals surface area contributed by atoms with Crippen LogP contribution in [0.25, 0.3) is 0 Å². The molecule has 1 saturated heterocycles. The van der Waals surface area contributed by atoms with Gasteiger partial charge in [0.05, 0.1) is 30.7 Å². The molecule has 0 spiro atoms. The van der Waals surface area contributed by atoms with E-state index in [1.165, 1.54) is 37.3 Å². The topological polar surface area (TPSA) is 108 Å². The van der Waals surface area contributed by atoms with E-state index < -0.39 is 22.9 Å². The molecule has 0 aliphatic carbocycles. The van der Waals surface area contributed by atoms with Gasteiger partial charge < -0.3 is 19.1 Å². The normalized spacial score (nSPS) is 16.8. The number of benzene rings is 2. The molecule has 2 aromatic rings. The summed E-state index contributed by atoms with van der Waals surface area (Å²) in [5.74, 6) is -0.350. The van der Waals surface area contributed by atoms with Crippen molar-refractivity contribution in [1.29, 1.82) is 0 Å². The molecule has 0 aromatic heterocycles. The lowest BCUT2D eigenvalue weighted by Crippen LogP contribution is -2.27. The third kappa shape index (κ3) is 4.35. The molecule has 9 nitrogen and oxygen atoms in total. The third-order valence-electron chi connectivity index (χ3n) is 4.98. The highest BCUT2D eigenvalue weighted by Crippen LogP contribution is 2.36. The number of ether oxygens (including phenoxy) is 3. The Labute approximate surface area is 173 Å². The first-order valence-corrected chi connectivity index (χ1v) is 9.31. The van der Waals surface area contributed by atoms with Crippen LogP contribution in [-0.2, 0) is 14.3 Å². The lowest BCUT2D eigenvalue weighted by molar-refractivity contribution is -0.385. The summed E-state index contributed by atoms with van der Waals surface area (Å²) in [6.07, 6.45) is -0.674. The molecular weight excluding hydrogens is 392 g/mol.